The summed E-state index contributed by atoms with van der Waals surface area (Å²) in [6.07, 6.45) is -3.09. The molecule has 0 spiro atoms. The zero-order chi connectivity index (χ0) is 15.5. The number of aromatic nitrogens is 1. The molecule has 1 aromatic heterocycles. The molecular weight excluding hydrogens is 289 g/mol. The Morgan fingerprint density at radius 3 is 2.67 bits per heavy atom. The number of halogens is 3. The van der Waals surface area contributed by atoms with Gasteiger partial charge in [-0.3, -0.25) is 4.79 Å². The van der Waals surface area contributed by atoms with Crippen molar-refractivity contribution in [3.05, 3.63) is 36.0 Å². The minimum atomic E-state index is -4.50. The fourth-order valence-electron chi connectivity index (χ4n) is 1.70. The van der Waals surface area contributed by atoms with Crippen LogP contribution < -0.4 is 5.32 Å². The number of fused-ring (bicyclic) bond motifs is 1. The Morgan fingerprint density at radius 1 is 1.24 bits per heavy atom. The van der Waals surface area contributed by atoms with Gasteiger partial charge in [0.1, 0.15) is 6.54 Å². The van der Waals surface area contributed by atoms with E-state index >= 15 is 0 Å². The third-order valence-electron chi connectivity index (χ3n) is 2.63. The van der Waals surface area contributed by atoms with Gasteiger partial charge in [0.2, 0.25) is 0 Å². The molecule has 2 N–H and O–H groups in total. The van der Waals surface area contributed by atoms with E-state index in [0.29, 0.717) is 10.9 Å². The predicted molar refractivity (Wildman–Crippen MR) is 67.6 cm³/mol. The van der Waals surface area contributed by atoms with Crippen LogP contribution in [0.25, 0.3) is 10.9 Å². The van der Waals surface area contributed by atoms with E-state index < -0.39 is 31.2 Å². The molecule has 0 atom stereocenters. The number of aromatic amines is 1. The second-order valence-corrected chi connectivity index (χ2v) is 4.22. The average Bonchev–Trinajstić information content (AvgIpc) is 2.85. The topological polar surface area (TPSA) is 71.2 Å². The number of esters is 1. The first-order chi connectivity index (χ1) is 9.87. The number of amides is 1. The monoisotopic (exact) mass is 300 g/mol. The van der Waals surface area contributed by atoms with Gasteiger partial charge >= 0.3 is 12.1 Å². The molecule has 0 aliphatic rings. The standard InChI is InChI=1S/C13H11F3N2O3/c14-13(15,16)7-18-11(19)6-21-12(20)9-5-17-10-4-2-1-3-8(9)10/h1-5,17H,6-7H2,(H,18,19). The summed E-state index contributed by atoms with van der Waals surface area (Å²) in [7, 11) is 0. The maximum Gasteiger partial charge on any atom is 0.405 e. The number of carbonyl (C=O) groups excluding carboxylic acids is 2. The molecule has 0 saturated carbocycles. The van der Waals surface area contributed by atoms with Crippen molar-refractivity contribution in [3.8, 4) is 0 Å². The van der Waals surface area contributed by atoms with E-state index in [1.807, 2.05) is 0 Å². The van der Waals surface area contributed by atoms with Crippen molar-refractivity contribution in [2.24, 2.45) is 0 Å². The van der Waals surface area contributed by atoms with Crippen molar-refractivity contribution < 1.29 is 27.5 Å². The van der Waals surface area contributed by atoms with Crippen LogP contribution in [0, 0.1) is 0 Å². The normalized spacial score (nSPS) is 11.4. The van der Waals surface area contributed by atoms with Gasteiger partial charge in [0.25, 0.3) is 5.91 Å². The number of ether oxygens (including phenoxy) is 1. The van der Waals surface area contributed by atoms with Crippen molar-refractivity contribution >= 4 is 22.8 Å². The molecule has 0 radical (unpaired) electrons. The molecule has 21 heavy (non-hydrogen) atoms. The second-order valence-electron chi connectivity index (χ2n) is 4.22. The molecule has 112 valence electrons. The fourth-order valence-corrected chi connectivity index (χ4v) is 1.70. The summed E-state index contributed by atoms with van der Waals surface area (Å²) in [5, 5.41) is 2.22. The maximum absolute atomic E-state index is 11.9. The van der Waals surface area contributed by atoms with E-state index in [0.717, 1.165) is 0 Å². The van der Waals surface area contributed by atoms with Crippen LogP contribution in [-0.2, 0) is 9.53 Å². The second kappa shape index (κ2) is 5.86. The highest BCUT2D eigenvalue weighted by atomic mass is 19.4. The Bertz CT molecular complexity index is 664. The first-order valence-electron chi connectivity index (χ1n) is 5.93. The molecule has 5 nitrogen and oxygen atoms in total. The molecule has 0 aliphatic carbocycles. The third kappa shape index (κ3) is 3.98. The van der Waals surface area contributed by atoms with Crippen LogP contribution in [0.15, 0.2) is 30.5 Å². The lowest BCUT2D eigenvalue weighted by Crippen LogP contribution is -2.36. The number of alkyl halides is 3. The Balaban J connectivity index is 1.92. The Labute approximate surface area is 117 Å². The molecule has 1 amide bonds. The van der Waals surface area contributed by atoms with Crippen molar-refractivity contribution in [2.45, 2.75) is 6.18 Å². The van der Waals surface area contributed by atoms with E-state index in [9.17, 15) is 22.8 Å². The van der Waals surface area contributed by atoms with Crippen LogP contribution in [0.1, 0.15) is 10.4 Å². The molecule has 0 bridgehead atoms. The molecule has 2 rings (SSSR count). The van der Waals surface area contributed by atoms with E-state index in [4.69, 9.17) is 0 Å². The van der Waals surface area contributed by atoms with Crippen molar-refractivity contribution in [1.82, 2.24) is 10.3 Å². The Kier molecular flexibility index (Phi) is 4.15. The van der Waals surface area contributed by atoms with E-state index in [-0.39, 0.29) is 5.56 Å². The summed E-state index contributed by atoms with van der Waals surface area (Å²) >= 11 is 0. The Morgan fingerprint density at radius 2 is 1.95 bits per heavy atom. The fraction of sp³-hybridized carbons (Fsp3) is 0.231. The molecule has 0 unspecified atom stereocenters. The van der Waals surface area contributed by atoms with Gasteiger partial charge in [-0.05, 0) is 6.07 Å². The maximum atomic E-state index is 11.9. The summed E-state index contributed by atoms with van der Waals surface area (Å²) in [5.74, 6) is -1.80. The van der Waals surface area contributed by atoms with Crippen molar-refractivity contribution in [2.75, 3.05) is 13.2 Å². The van der Waals surface area contributed by atoms with E-state index in [1.54, 1.807) is 29.6 Å². The van der Waals surface area contributed by atoms with E-state index in [2.05, 4.69) is 9.72 Å². The molecule has 1 heterocycles. The zero-order valence-corrected chi connectivity index (χ0v) is 10.7. The lowest BCUT2D eigenvalue weighted by Gasteiger charge is -2.08. The quantitative estimate of drug-likeness (QED) is 0.848. The van der Waals surface area contributed by atoms with E-state index in [1.165, 1.54) is 6.20 Å². The van der Waals surface area contributed by atoms with Gasteiger partial charge in [-0.1, -0.05) is 18.2 Å². The van der Waals surface area contributed by atoms with Gasteiger partial charge in [0.05, 0.1) is 5.56 Å². The average molecular weight is 300 g/mol. The number of nitrogens with one attached hydrogen (secondary N) is 2. The largest absolute Gasteiger partial charge is 0.452 e. The van der Waals surface area contributed by atoms with Crippen molar-refractivity contribution in [1.29, 1.82) is 0 Å². The highest BCUT2D eigenvalue weighted by molar-refractivity contribution is 6.04. The van der Waals surface area contributed by atoms with Crippen molar-refractivity contribution in [3.63, 3.8) is 0 Å². The molecule has 0 aliphatic heterocycles. The van der Waals surface area contributed by atoms with Gasteiger partial charge in [0, 0.05) is 17.1 Å². The number of benzene rings is 1. The molecule has 1 aromatic carbocycles. The highest BCUT2D eigenvalue weighted by Gasteiger charge is 2.27. The first-order valence-corrected chi connectivity index (χ1v) is 5.93. The highest BCUT2D eigenvalue weighted by Crippen LogP contribution is 2.18. The van der Waals surface area contributed by atoms with Crippen LogP contribution in [0.4, 0.5) is 13.2 Å². The number of H-pyrrole nitrogens is 1. The van der Waals surface area contributed by atoms with Crippen LogP contribution in [0.2, 0.25) is 0 Å². The van der Waals surface area contributed by atoms with Gasteiger partial charge in [-0.2, -0.15) is 13.2 Å². The van der Waals surface area contributed by atoms with Gasteiger partial charge in [0.15, 0.2) is 6.61 Å². The summed E-state index contributed by atoms with van der Waals surface area (Å²) < 4.78 is 40.3. The molecule has 8 heteroatoms. The summed E-state index contributed by atoms with van der Waals surface area (Å²) in [6.45, 7) is -2.23. The number of para-hydroxylation sites is 1. The SMILES string of the molecule is O=C(COC(=O)c1c[nH]c2ccccc12)NCC(F)(F)F. The number of carbonyl (C=O) groups is 2. The molecular formula is C13H11F3N2O3. The van der Waals surface area contributed by atoms with Gasteiger partial charge < -0.3 is 15.0 Å². The molecule has 0 saturated heterocycles. The first kappa shape index (κ1) is 14.9. The lowest BCUT2D eigenvalue weighted by atomic mass is 10.2. The minimum absolute atomic E-state index is 0.217. The number of hydrogen-bond acceptors (Lipinski definition) is 3. The number of rotatable bonds is 4. The van der Waals surface area contributed by atoms with Crippen LogP contribution in [0.5, 0.6) is 0 Å². The third-order valence-corrected chi connectivity index (χ3v) is 2.63. The van der Waals surface area contributed by atoms with Crippen LogP contribution in [-0.4, -0.2) is 36.2 Å². The number of hydrogen-bond donors (Lipinski definition) is 2. The van der Waals surface area contributed by atoms with Gasteiger partial charge in [-0.25, -0.2) is 4.79 Å². The summed E-state index contributed by atoms with van der Waals surface area (Å²) in [6, 6.07) is 6.94. The van der Waals surface area contributed by atoms with Crippen LogP contribution >= 0.6 is 0 Å². The smallest absolute Gasteiger partial charge is 0.405 e. The lowest BCUT2D eigenvalue weighted by molar-refractivity contribution is -0.140. The van der Waals surface area contributed by atoms with Crippen LogP contribution in [0.3, 0.4) is 0 Å². The molecule has 2 aromatic rings. The summed E-state index contributed by atoms with van der Waals surface area (Å²) in [4.78, 5) is 25.8. The van der Waals surface area contributed by atoms with Gasteiger partial charge in [-0.15, -0.1) is 0 Å². The molecule has 0 fully saturated rings. The predicted octanol–water partition coefficient (Wildman–Crippen LogP) is 2.00. The summed E-state index contributed by atoms with van der Waals surface area (Å²) in [5.41, 5.74) is 0.931. The Hall–Kier alpha value is -2.51. The zero-order valence-electron chi connectivity index (χ0n) is 10.7. The minimum Gasteiger partial charge on any atom is -0.452 e.